The number of carboxylic acids is 4. The van der Waals surface area contributed by atoms with Crippen LogP contribution in [-0.4, -0.2) is 89.1 Å². The topological polar surface area (TPSA) is 230 Å². The predicted molar refractivity (Wildman–Crippen MR) is 240 cm³/mol. The SMILES string of the molecule is CCCC(O)C(C)C(O)CCC.CCCC(O)C(CC)C(O)CCC.O=C(O)c1ccccc1.O=C(O)c1ccccc1.O=C(O)c1ccccc1.O=C(O)c1ccccc1. The largest absolute Gasteiger partial charge is 0.478 e. The molecule has 0 saturated heterocycles. The first kappa shape index (κ1) is 57.7. The number of aliphatic hydroxyl groups excluding tert-OH is 4. The molecule has 4 aromatic rings. The lowest BCUT2D eigenvalue weighted by atomic mass is 9.88. The van der Waals surface area contributed by atoms with E-state index in [1.165, 1.54) is 0 Å². The number of benzene rings is 4. The third-order valence-corrected chi connectivity index (χ3v) is 9.09. The minimum atomic E-state index is -0.879. The van der Waals surface area contributed by atoms with E-state index in [9.17, 15) is 39.6 Å². The molecule has 0 aliphatic carbocycles. The molecule has 61 heavy (non-hydrogen) atoms. The lowest BCUT2D eigenvalue weighted by molar-refractivity contribution is 0.00194. The number of hydrogen-bond donors (Lipinski definition) is 8. The Morgan fingerprint density at radius 3 is 0.721 bits per heavy atom. The first-order valence-corrected chi connectivity index (χ1v) is 20.9. The molecule has 0 aromatic heterocycles. The molecule has 0 amide bonds. The van der Waals surface area contributed by atoms with E-state index in [0.29, 0.717) is 22.3 Å². The lowest BCUT2D eigenvalue weighted by Crippen LogP contribution is -2.31. The van der Waals surface area contributed by atoms with Gasteiger partial charge in [-0.05, 0) is 80.6 Å². The number of aromatic carboxylic acids is 4. The van der Waals surface area contributed by atoms with Crippen molar-refractivity contribution in [2.45, 2.75) is 124 Å². The Kier molecular flexibility index (Phi) is 34.5. The second-order valence-electron chi connectivity index (χ2n) is 14.0. The van der Waals surface area contributed by atoms with Crippen LogP contribution in [0.4, 0.5) is 0 Å². The van der Waals surface area contributed by atoms with Gasteiger partial charge in [0.1, 0.15) is 0 Å². The molecule has 338 valence electrons. The third-order valence-electron chi connectivity index (χ3n) is 9.09. The maximum atomic E-state index is 10.2. The van der Waals surface area contributed by atoms with Gasteiger partial charge in [-0.2, -0.15) is 0 Å². The van der Waals surface area contributed by atoms with Crippen molar-refractivity contribution in [1.29, 1.82) is 0 Å². The van der Waals surface area contributed by atoms with Gasteiger partial charge in [-0.15, -0.1) is 0 Å². The van der Waals surface area contributed by atoms with Gasteiger partial charge in [-0.3, -0.25) is 0 Å². The van der Waals surface area contributed by atoms with Crippen molar-refractivity contribution in [3.05, 3.63) is 144 Å². The van der Waals surface area contributed by atoms with Gasteiger partial charge < -0.3 is 40.9 Å². The summed E-state index contributed by atoms with van der Waals surface area (Å²) in [7, 11) is 0. The van der Waals surface area contributed by atoms with Crippen LogP contribution >= 0.6 is 0 Å². The summed E-state index contributed by atoms with van der Waals surface area (Å²) in [6.45, 7) is 12.2. The van der Waals surface area contributed by atoms with Gasteiger partial charge in [0.25, 0.3) is 0 Å². The quantitative estimate of drug-likeness (QED) is 0.0496. The molecule has 0 saturated carbocycles. The zero-order chi connectivity index (χ0) is 46.6. The number of carbonyl (C=O) groups is 4. The second-order valence-corrected chi connectivity index (χ2v) is 14.0. The third kappa shape index (κ3) is 28.7. The lowest BCUT2D eigenvalue weighted by Gasteiger charge is -2.26. The van der Waals surface area contributed by atoms with Gasteiger partial charge in [0.15, 0.2) is 0 Å². The molecule has 0 heterocycles. The Morgan fingerprint density at radius 2 is 0.574 bits per heavy atom. The normalized spacial score (nSPS) is 12.8. The first-order chi connectivity index (χ1) is 29.0. The highest BCUT2D eigenvalue weighted by Gasteiger charge is 2.24. The molecule has 0 spiro atoms. The molecule has 12 nitrogen and oxygen atoms in total. The Morgan fingerprint density at radius 1 is 0.377 bits per heavy atom. The summed E-state index contributed by atoms with van der Waals surface area (Å²) in [6, 6.07) is 33.2. The molecule has 0 bridgehead atoms. The summed E-state index contributed by atoms with van der Waals surface area (Å²) in [6.07, 6.45) is 6.66. The van der Waals surface area contributed by atoms with E-state index in [-0.39, 0.29) is 36.3 Å². The van der Waals surface area contributed by atoms with Crippen LogP contribution in [0.15, 0.2) is 121 Å². The maximum Gasteiger partial charge on any atom is 0.335 e. The van der Waals surface area contributed by atoms with Gasteiger partial charge in [0.05, 0.1) is 46.7 Å². The molecule has 0 fully saturated rings. The minimum Gasteiger partial charge on any atom is -0.478 e. The number of aliphatic hydroxyl groups is 4. The second kappa shape index (κ2) is 36.5. The van der Waals surface area contributed by atoms with E-state index >= 15 is 0 Å². The van der Waals surface area contributed by atoms with Gasteiger partial charge in [0.2, 0.25) is 0 Å². The predicted octanol–water partition coefficient (Wildman–Crippen LogP) is 9.82. The molecule has 4 unspecified atom stereocenters. The molecule has 4 rings (SSSR count). The Hall–Kier alpha value is -5.40. The van der Waals surface area contributed by atoms with Crippen molar-refractivity contribution in [1.82, 2.24) is 0 Å². The molecular formula is C49H70O12. The van der Waals surface area contributed by atoms with Crippen molar-refractivity contribution in [3.8, 4) is 0 Å². The van der Waals surface area contributed by atoms with Crippen LogP contribution in [0.3, 0.4) is 0 Å². The van der Waals surface area contributed by atoms with Crippen LogP contribution in [-0.2, 0) is 0 Å². The number of rotatable bonds is 17. The van der Waals surface area contributed by atoms with Crippen LogP contribution in [0, 0.1) is 11.8 Å². The van der Waals surface area contributed by atoms with Crippen molar-refractivity contribution >= 4 is 23.9 Å². The summed E-state index contributed by atoms with van der Waals surface area (Å²) in [5.41, 5.74) is 1.32. The molecular weight excluding hydrogens is 781 g/mol. The Balaban J connectivity index is 0. The highest BCUT2D eigenvalue weighted by molar-refractivity contribution is 5.88. The summed E-state index contributed by atoms with van der Waals surface area (Å²) < 4.78 is 0. The average molecular weight is 851 g/mol. The van der Waals surface area contributed by atoms with Crippen molar-refractivity contribution in [3.63, 3.8) is 0 Å². The summed E-state index contributed by atoms with van der Waals surface area (Å²) in [4.78, 5) is 40.8. The van der Waals surface area contributed by atoms with E-state index in [2.05, 4.69) is 13.8 Å². The summed E-state index contributed by atoms with van der Waals surface area (Å²) in [5, 5.41) is 72.1. The fourth-order valence-corrected chi connectivity index (χ4v) is 5.52. The van der Waals surface area contributed by atoms with Crippen LogP contribution in [0.5, 0.6) is 0 Å². The van der Waals surface area contributed by atoms with E-state index in [4.69, 9.17) is 20.4 Å². The maximum absolute atomic E-state index is 10.2. The first-order valence-electron chi connectivity index (χ1n) is 20.9. The van der Waals surface area contributed by atoms with Gasteiger partial charge >= 0.3 is 23.9 Å². The molecule has 4 aromatic carbocycles. The number of hydrogen-bond acceptors (Lipinski definition) is 8. The molecule has 0 aliphatic rings. The van der Waals surface area contributed by atoms with E-state index in [0.717, 1.165) is 57.8 Å². The minimum absolute atomic E-state index is 0.0184. The van der Waals surface area contributed by atoms with Crippen LogP contribution in [0.1, 0.15) is 141 Å². The average Bonchev–Trinajstić information content (AvgIpc) is 3.26. The van der Waals surface area contributed by atoms with Crippen LogP contribution in [0.25, 0.3) is 0 Å². The van der Waals surface area contributed by atoms with Crippen LogP contribution in [0.2, 0.25) is 0 Å². The highest BCUT2D eigenvalue weighted by atomic mass is 16.4. The van der Waals surface area contributed by atoms with E-state index in [1.54, 1.807) is 121 Å². The van der Waals surface area contributed by atoms with E-state index in [1.807, 2.05) is 27.7 Å². The van der Waals surface area contributed by atoms with E-state index < -0.39 is 23.9 Å². The monoisotopic (exact) mass is 850 g/mol. The summed E-state index contributed by atoms with van der Waals surface area (Å²) in [5.74, 6) is -3.43. The summed E-state index contributed by atoms with van der Waals surface area (Å²) >= 11 is 0. The number of carboxylic acid groups (broad SMARTS) is 4. The van der Waals surface area contributed by atoms with Gasteiger partial charge in [0, 0.05) is 11.8 Å². The fraction of sp³-hybridized carbons (Fsp3) is 0.429. The molecule has 8 N–H and O–H groups in total. The highest BCUT2D eigenvalue weighted by Crippen LogP contribution is 2.21. The molecule has 0 radical (unpaired) electrons. The standard InChI is InChI=1S/C11H24O2.C10H22O2.4C7H6O2/c1-4-7-10(12)9(6-3)11(13)8-5-2;1-4-6-9(11)8(3)10(12)7-5-2;4*8-7(9)6-4-2-1-3-5-6/h9-13H,4-8H2,1-3H3;8-12H,4-7H2,1-3H3;4*1-5H,(H,8,9). The Labute approximate surface area is 362 Å². The van der Waals surface area contributed by atoms with Gasteiger partial charge in [-0.1, -0.05) is 140 Å². The van der Waals surface area contributed by atoms with Crippen molar-refractivity contribution in [2.75, 3.05) is 0 Å². The van der Waals surface area contributed by atoms with Crippen LogP contribution < -0.4 is 0 Å². The van der Waals surface area contributed by atoms with Crippen molar-refractivity contribution in [2.24, 2.45) is 11.8 Å². The zero-order valence-electron chi connectivity index (χ0n) is 36.6. The fourth-order valence-electron chi connectivity index (χ4n) is 5.52. The van der Waals surface area contributed by atoms with Gasteiger partial charge in [-0.25, -0.2) is 19.2 Å². The zero-order valence-corrected chi connectivity index (χ0v) is 36.6. The molecule has 4 atom stereocenters. The Bertz CT molecular complexity index is 1450. The smallest absolute Gasteiger partial charge is 0.335 e. The molecule has 0 aliphatic heterocycles. The molecule has 12 heteroatoms. The van der Waals surface area contributed by atoms with Crippen molar-refractivity contribution < 1.29 is 60.0 Å².